The number of carbonyl (C=O) groups is 1. The van der Waals surface area contributed by atoms with Crippen LogP contribution in [0.1, 0.15) is 29.4 Å². The van der Waals surface area contributed by atoms with Gasteiger partial charge in [0.25, 0.3) is 0 Å². The van der Waals surface area contributed by atoms with E-state index in [4.69, 9.17) is 0 Å². The van der Waals surface area contributed by atoms with Crippen LogP contribution in [0.15, 0.2) is 24.3 Å². The summed E-state index contributed by atoms with van der Waals surface area (Å²) >= 11 is 0. The van der Waals surface area contributed by atoms with Gasteiger partial charge in [0.05, 0.1) is 12.5 Å². The second-order valence-electron chi connectivity index (χ2n) is 6.04. The van der Waals surface area contributed by atoms with Crippen LogP contribution in [0.4, 0.5) is 18.9 Å². The van der Waals surface area contributed by atoms with Crippen molar-refractivity contribution in [2.45, 2.75) is 40.4 Å². The van der Waals surface area contributed by atoms with E-state index >= 15 is 0 Å². The molecule has 1 N–H and O–H groups in total. The molecule has 0 radical (unpaired) electrons. The van der Waals surface area contributed by atoms with Crippen LogP contribution >= 0.6 is 0 Å². The highest BCUT2D eigenvalue weighted by Crippen LogP contribution is 2.28. The summed E-state index contributed by atoms with van der Waals surface area (Å²) < 4.78 is 39.3. The average molecular weight is 339 g/mol. The fraction of sp³-hybridized carbons (Fsp3) is 0.412. The lowest BCUT2D eigenvalue weighted by molar-refractivity contribution is -0.141. The molecule has 1 heterocycles. The topological polar surface area (TPSA) is 46.9 Å². The van der Waals surface area contributed by atoms with Crippen LogP contribution in [0.25, 0.3) is 0 Å². The Kier molecular flexibility index (Phi) is 5.01. The second kappa shape index (κ2) is 6.67. The molecule has 0 saturated heterocycles. The molecule has 0 saturated carbocycles. The molecule has 1 aromatic heterocycles. The molecule has 1 atom stereocenters. The number of amides is 1. The van der Waals surface area contributed by atoms with E-state index in [0.29, 0.717) is 11.4 Å². The number of benzene rings is 1. The fourth-order valence-corrected chi connectivity index (χ4v) is 2.26. The molecule has 2 aromatic rings. The van der Waals surface area contributed by atoms with Gasteiger partial charge in [-0.05, 0) is 50.1 Å². The third-order valence-electron chi connectivity index (χ3n) is 3.94. The Labute approximate surface area is 138 Å². The third-order valence-corrected chi connectivity index (χ3v) is 3.94. The first-order valence-electron chi connectivity index (χ1n) is 7.57. The molecule has 0 bridgehead atoms. The Balaban J connectivity index is 2.06. The second-order valence-corrected chi connectivity index (χ2v) is 6.04. The van der Waals surface area contributed by atoms with Crippen LogP contribution in [0.3, 0.4) is 0 Å². The largest absolute Gasteiger partial charge is 0.435 e. The lowest BCUT2D eigenvalue weighted by Crippen LogP contribution is -2.25. The van der Waals surface area contributed by atoms with Gasteiger partial charge in [-0.2, -0.15) is 18.3 Å². The summed E-state index contributed by atoms with van der Waals surface area (Å²) in [5.74, 6) is -0.784. The number of halogens is 3. The van der Waals surface area contributed by atoms with E-state index < -0.39 is 17.8 Å². The van der Waals surface area contributed by atoms with Gasteiger partial charge >= 0.3 is 6.18 Å². The summed E-state index contributed by atoms with van der Waals surface area (Å²) in [7, 11) is 0. The smallest absolute Gasteiger partial charge is 0.326 e. The lowest BCUT2D eigenvalue weighted by atomic mass is 10.1. The van der Waals surface area contributed by atoms with Crippen molar-refractivity contribution in [2.75, 3.05) is 5.32 Å². The number of aryl methyl sites for hydroxylation is 3. The summed E-state index contributed by atoms with van der Waals surface area (Å²) in [5.41, 5.74) is 2.27. The molecular weight excluding hydrogens is 319 g/mol. The van der Waals surface area contributed by atoms with Gasteiger partial charge in [-0.3, -0.25) is 9.48 Å². The monoisotopic (exact) mass is 339 g/mol. The van der Waals surface area contributed by atoms with Crippen LogP contribution in [-0.4, -0.2) is 15.7 Å². The van der Waals surface area contributed by atoms with Crippen LogP contribution < -0.4 is 5.32 Å². The maximum Gasteiger partial charge on any atom is 0.435 e. The zero-order valence-electron chi connectivity index (χ0n) is 14.0. The Morgan fingerprint density at radius 1 is 1.21 bits per heavy atom. The first-order chi connectivity index (χ1) is 11.1. The minimum Gasteiger partial charge on any atom is -0.326 e. The summed E-state index contributed by atoms with van der Waals surface area (Å²) in [6.45, 7) is 7.20. The molecular formula is C17H20F3N3O. The Hall–Kier alpha value is -2.31. The van der Waals surface area contributed by atoms with Crippen molar-refractivity contribution in [3.8, 4) is 0 Å². The van der Waals surface area contributed by atoms with Crippen LogP contribution in [0.5, 0.6) is 0 Å². The molecule has 4 nitrogen and oxygen atoms in total. The maximum absolute atomic E-state index is 12.7. The first-order valence-corrected chi connectivity index (χ1v) is 7.57. The molecule has 0 unspecified atom stereocenters. The molecule has 2 rings (SSSR count). The van der Waals surface area contributed by atoms with E-state index in [9.17, 15) is 18.0 Å². The van der Waals surface area contributed by atoms with Crippen molar-refractivity contribution in [3.05, 3.63) is 46.8 Å². The van der Waals surface area contributed by atoms with Gasteiger partial charge in [0.2, 0.25) is 5.91 Å². The number of alkyl halides is 3. The zero-order chi connectivity index (χ0) is 18.1. The van der Waals surface area contributed by atoms with E-state index in [0.717, 1.165) is 17.2 Å². The van der Waals surface area contributed by atoms with Gasteiger partial charge in [-0.1, -0.05) is 13.0 Å². The van der Waals surface area contributed by atoms with Crippen LogP contribution in [-0.2, 0) is 17.5 Å². The van der Waals surface area contributed by atoms with Gasteiger partial charge in [0.15, 0.2) is 5.69 Å². The summed E-state index contributed by atoms with van der Waals surface area (Å²) in [6.07, 6.45) is -4.49. The SMILES string of the molecule is Cc1ccc(NC(=O)[C@H](C)Cn2nc(C(F)(F)F)cc2C)cc1C. The molecule has 0 fully saturated rings. The molecule has 0 aliphatic rings. The van der Waals surface area contributed by atoms with Gasteiger partial charge in [0.1, 0.15) is 0 Å². The standard InChI is InChI=1S/C17H20F3N3O/c1-10-5-6-14(7-11(10)2)21-16(24)12(3)9-23-13(4)8-15(22-23)17(18,19)20/h5-8,12H,9H2,1-4H3,(H,21,24)/t12-/m1/s1. The quantitative estimate of drug-likeness (QED) is 0.911. The van der Waals surface area contributed by atoms with E-state index in [1.807, 2.05) is 26.0 Å². The highest BCUT2D eigenvalue weighted by atomic mass is 19.4. The van der Waals surface area contributed by atoms with Crippen molar-refractivity contribution < 1.29 is 18.0 Å². The molecule has 0 aliphatic carbocycles. The molecule has 130 valence electrons. The molecule has 24 heavy (non-hydrogen) atoms. The highest BCUT2D eigenvalue weighted by Gasteiger charge is 2.34. The number of carbonyl (C=O) groups excluding carboxylic acids is 1. The minimum atomic E-state index is -4.49. The number of nitrogens with one attached hydrogen (secondary N) is 1. The average Bonchev–Trinajstić information content (AvgIpc) is 2.84. The normalized spacial score (nSPS) is 13.0. The maximum atomic E-state index is 12.7. The minimum absolute atomic E-state index is 0.0819. The number of rotatable bonds is 4. The number of aromatic nitrogens is 2. The van der Waals surface area contributed by atoms with Crippen molar-refractivity contribution in [2.24, 2.45) is 5.92 Å². The van der Waals surface area contributed by atoms with E-state index in [1.54, 1.807) is 13.0 Å². The van der Waals surface area contributed by atoms with Gasteiger partial charge in [0, 0.05) is 11.4 Å². The number of anilines is 1. The predicted octanol–water partition coefficient (Wildman–Crippen LogP) is 4.10. The van der Waals surface area contributed by atoms with Crippen molar-refractivity contribution in [1.29, 1.82) is 0 Å². The third kappa shape index (κ3) is 4.15. The van der Waals surface area contributed by atoms with Gasteiger partial charge in [-0.25, -0.2) is 0 Å². The van der Waals surface area contributed by atoms with Crippen molar-refractivity contribution in [3.63, 3.8) is 0 Å². The van der Waals surface area contributed by atoms with Crippen molar-refractivity contribution >= 4 is 11.6 Å². The molecule has 0 spiro atoms. The molecule has 7 heteroatoms. The first kappa shape index (κ1) is 18.0. The van der Waals surface area contributed by atoms with E-state index in [-0.39, 0.29) is 12.5 Å². The number of hydrogen-bond acceptors (Lipinski definition) is 2. The molecule has 1 aromatic carbocycles. The highest BCUT2D eigenvalue weighted by molar-refractivity contribution is 5.92. The number of hydrogen-bond donors (Lipinski definition) is 1. The zero-order valence-corrected chi connectivity index (χ0v) is 14.0. The molecule has 1 amide bonds. The predicted molar refractivity (Wildman–Crippen MR) is 85.7 cm³/mol. The van der Waals surface area contributed by atoms with E-state index in [1.165, 1.54) is 11.6 Å². The fourth-order valence-electron chi connectivity index (χ4n) is 2.26. The van der Waals surface area contributed by atoms with Crippen molar-refractivity contribution in [1.82, 2.24) is 9.78 Å². The Morgan fingerprint density at radius 3 is 2.42 bits per heavy atom. The lowest BCUT2D eigenvalue weighted by Gasteiger charge is -2.14. The van der Waals surface area contributed by atoms with Gasteiger partial charge in [-0.15, -0.1) is 0 Å². The summed E-state index contributed by atoms with van der Waals surface area (Å²) in [4.78, 5) is 12.3. The Bertz CT molecular complexity index is 750. The summed E-state index contributed by atoms with van der Waals surface area (Å²) in [6, 6.07) is 6.55. The summed E-state index contributed by atoms with van der Waals surface area (Å²) in [5, 5.41) is 6.33. The number of nitrogens with zero attached hydrogens (tertiary/aromatic N) is 2. The Morgan fingerprint density at radius 2 is 1.88 bits per heavy atom. The molecule has 0 aliphatic heterocycles. The van der Waals surface area contributed by atoms with Crippen LogP contribution in [0, 0.1) is 26.7 Å². The van der Waals surface area contributed by atoms with Gasteiger partial charge < -0.3 is 5.32 Å². The van der Waals surface area contributed by atoms with Crippen LogP contribution in [0.2, 0.25) is 0 Å². The van der Waals surface area contributed by atoms with E-state index in [2.05, 4.69) is 10.4 Å².